The van der Waals surface area contributed by atoms with E-state index in [2.05, 4.69) is 25.8 Å². The lowest BCUT2D eigenvalue weighted by Crippen LogP contribution is -2.08. The van der Waals surface area contributed by atoms with Gasteiger partial charge in [0, 0.05) is 17.4 Å². The Hall–Kier alpha value is -1.22. The normalized spacial score (nSPS) is 11.8. The van der Waals surface area contributed by atoms with Crippen molar-refractivity contribution in [1.82, 2.24) is 4.98 Å². The molecule has 1 aromatic heterocycles. The molecular weight excluding hydrogens is 233 g/mol. The molecule has 0 saturated heterocycles. The third-order valence-electron chi connectivity index (χ3n) is 2.35. The largest absolute Gasteiger partial charge is 0.241 e. The summed E-state index contributed by atoms with van der Waals surface area (Å²) < 4.78 is 13.1. The van der Waals surface area contributed by atoms with Crippen LogP contribution in [0.2, 0.25) is 0 Å². The zero-order valence-corrected chi connectivity index (χ0v) is 11.1. The van der Waals surface area contributed by atoms with Crippen molar-refractivity contribution in [3.63, 3.8) is 0 Å². The van der Waals surface area contributed by atoms with Gasteiger partial charge in [0.25, 0.3) is 0 Å². The standard InChI is InChI=1S/C14H16FNS/c1-14(2,3)8-13-16-12(9-17-13)10-5-4-6-11(15)7-10/h4-7,9H,8H2,1-3H3. The molecule has 0 unspecified atom stereocenters. The van der Waals surface area contributed by atoms with Crippen molar-refractivity contribution in [3.8, 4) is 11.3 Å². The second kappa shape index (κ2) is 4.57. The average Bonchev–Trinajstić information content (AvgIpc) is 2.63. The summed E-state index contributed by atoms with van der Waals surface area (Å²) in [5.74, 6) is -0.215. The van der Waals surface area contributed by atoms with Crippen LogP contribution in [0.25, 0.3) is 11.3 Å². The lowest BCUT2D eigenvalue weighted by Gasteiger charge is -2.15. The van der Waals surface area contributed by atoms with Gasteiger partial charge in [0.2, 0.25) is 0 Å². The molecule has 0 aliphatic rings. The number of hydrogen-bond donors (Lipinski definition) is 0. The van der Waals surface area contributed by atoms with Gasteiger partial charge in [0.15, 0.2) is 0 Å². The number of halogens is 1. The van der Waals surface area contributed by atoms with E-state index in [1.54, 1.807) is 17.4 Å². The molecule has 2 rings (SSSR count). The van der Waals surface area contributed by atoms with Crippen LogP contribution < -0.4 is 0 Å². The first-order chi connectivity index (χ1) is 7.94. The molecule has 1 aromatic carbocycles. The summed E-state index contributed by atoms with van der Waals surface area (Å²) in [6.07, 6.45) is 0.951. The van der Waals surface area contributed by atoms with E-state index < -0.39 is 0 Å². The van der Waals surface area contributed by atoms with Crippen molar-refractivity contribution in [3.05, 3.63) is 40.5 Å². The van der Waals surface area contributed by atoms with E-state index in [1.165, 1.54) is 12.1 Å². The van der Waals surface area contributed by atoms with Gasteiger partial charge in [-0.2, -0.15) is 0 Å². The Morgan fingerprint density at radius 3 is 2.71 bits per heavy atom. The fourth-order valence-electron chi connectivity index (χ4n) is 1.63. The Balaban J connectivity index is 2.24. The van der Waals surface area contributed by atoms with Crippen molar-refractivity contribution < 1.29 is 4.39 Å². The monoisotopic (exact) mass is 249 g/mol. The molecule has 2 aromatic rings. The van der Waals surface area contributed by atoms with Gasteiger partial charge in [-0.1, -0.05) is 32.9 Å². The number of thiazole rings is 1. The summed E-state index contributed by atoms with van der Waals surface area (Å²) in [7, 11) is 0. The van der Waals surface area contributed by atoms with Crippen molar-refractivity contribution in [2.45, 2.75) is 27.2 Å². The third kappa shape index (κ3) is 3.37. The van der Waals surface area contributed by atoms with Crippen molar-refractivity contribution in [2.24, 2.45) is 5.41 Å². The maximum absolute atomic E-state index is 13.1. The first-order valence-corrected chi connectivity index (χ1v) is 6.52. The molecule has 1 heterocycles. The van der Waals surface area contributed by atoms with E-state index in [-0.39, 0.29) is 11.2 Å². The van der Waals surface area contributed by atoms with Gasteiger partial charge in [0.1, 0.15) is 5.82 Å². The van der Waals surface area contributed by atoms with Crippen LogP contribution in [0.4, 0.5) is 4.39 Å². The minimum absolute atomic E-state index is 0.215. The van der Waals surface area contributed by atoms with Crippen LogP contribution in [0.3, 0.4) is 0 Å². The van der Waals surface area contributed by atoms with Crippen molar-refractivity contribution in [1.29, 1.82) is 0 Å². The number of aromatic nitrogens is 1. The Morgan fingerprint density at radius 2 is 2.06 bits per heavy atom. The Labute approximate surface area is 105 Å². The highest BCUT2D eigenvalue weighted by Crippen LogP contribution is 2.27. The number of hydrogen-bond acceptors (Lipinski definition) is 2. The predicted molar refractivity (Wildman–Crippen MR) is 70.7 cm³/mol. The molecule has 17 heavy (non-hydrogen) atoms. The first-order valence-electron chi connectivity index (χ1n) is 5.64. The van der Waals surface area contributed by atoms with Crippen LogP contribution in [0.15, 0.2) is 29.6 Å². The molecule has 0 fully saturated rings. The highest BCUT2D eigenvalue weighted by atomic mass is 32.1. The summed E-state index contributed by atoms with van der Waals surface area (Å²) in [6, 6.07) is 6.58. The molecule has 0 atom stereocenters. The fraction of sp³-hybridized carbons (Fsp3) is 0.357. The SMILES string of the molecule is CC(C)(C)Cc1nc(-c2cccc(F)c2)cs1. The summed E-state index contributed by atoms with van der Waals surface area (Å²) in [5.41, 5.74) is 1.95. The van der Waals surface area contributed by atoms with Crippen LogP contribution >= 0.6 is 11.3 Å². The minimum Gasteiger partial charge on any atom is -0.241 e. The van der Waals surface area contributed by atoms with Crippen LogP contribution in [0.1, 0.15) is 25.8 Å². The topological polar surface area (TPSA) is 12.9 Å². The lowest BCUT2D eigenvalue weighted by molar-refractivity contribution is 0.410. The Kier molecular flexibility index (Phi) is 3.29. The van der Waals surface area contributed by atoms with E-state index in [0.29, 0.717) is 0 Å². The van der Waals surface area contributed by atoms with Gasteiger partial charge >= 0.3 is 0 Å². The van der Waals surface area contributed by atoms with Crippen molar-refractivity contribution >= 4 is 11.3 Å². The molecule has 0 amide bonds. The molecule has 0 spiro atoms. The van der Waals surface area contributed by atoms with E-state index in [0.717, 1.165) is 22.7 Å². The second-order valence-corrected chi connectivity index (χ2v) is 6.32. The smallest absolute Gasteiger partial charge is 0.123 e. The second-order valence-electron chi connectivity index (χ2n) is 5.37. The summed E-state index contributed by atoms with van der Waals surface area (Å²) in [5, 5.41) is 3.10. The number of rotatable bonds is 2. The number of nitrogens with zero attached hydrogens (tertiary/aromatic N) is 1. The highest BCUT2D eigenvalue weighted by Gasteiger charge is 2.14. The maximum Gasteiger partial charge on any atom is 0.123 e. The zero-order valence-electron chi connectivity index (χ0n) is 10.3. The predicted octanol–water partition coefficient (Wildman–Crippen LogP) is 4.54. The minimum atomic E-state index is -0.215. The van der Waals surface area contributed by atoms with Gasteiger partial charge < -0.3 is 0 Å². The first kappa shape index (κ1) is 12.2. The molecule has 3 heteroatoms. The van der Waals surface area contributed by atoms with Crippen LogP contribution in [0.5, 0.6) is 0 Å². The van der Waals surface area contributed by atoms with E-state index >= 15 is 0 Å². The molecule has 1 nitrogen and oxygen atoms in total. The molecular formula is C14H16FNS. The molecule has 0 saturated carbocycles. The maximum atomic E-state index is 13.1. The Morgan fingerprint density at radius 1 is 1.29 bits per heavy atom. The van der Waals surface area contributed by atoms with Gasteiger partial charge in [-0.25, -0.2) is 9.37 Å². The summed E-state index contributed by atoms with van der Waals surface area (Å²) in [4.78, 5) is 4.56. The molecule has 0 radical (unpaired) electrons. The van der Waals surface area contributed by atoms with E-state index in [1.807, 2.05) is 11.4 Å². The van der Waals surface area contributed by atoms with Gasteiger partial charge in [0.05, 0.1) is 10.7 Å². The molecule has 0 bridgehead atoms. The third-order valence-corrected chi connectivity index (χ3v) is 3.20. The number of benzene rings is 1. The van der Waals surface area contributed by atoms with E-state index in [4.69, 9.17) is 0 Å². The van der Waals surface area contributed by atoms with Gasteiger partial charge in [-0.15, -0.1) is 11.3 Å². The van der Waals surface area contributed by atoms with Crippen LogP contribution in [-0.4, -0.2) is 4.98 Å². The highest BCUT2D eigenvalue weighted by molar-refractivity contribution is 7.09. The average molecular weight is 249 g/mol. The molecule has 0 aliphatic carbocycles. The quantitative estimate of drug-likeness (QED) is 0.761. The molecule has 90 valence electrons. The molecule has 0 N–H and O–H groups in total. The van der Waals surface area contributed by atoms with Gasteiger partial charge in [-0.05, 0) is 17.5 Å². The van der Waals surface area contributed by atoms with Gasteiger partial charge in [-0.3, -0.25) is 0 Å². The van der Waals surface area contributed by atoms with E-state index in [9.17, 15) is 4.39 Å². The zero-order chi connectivity index (χ0) is 12.5. The van der Waals surface area contributed by atoms with Crippen LogP contribution in [-0.2, 0) is 6.42 Å². The lowest BCUT2D eigenvalue weighted by atomic mass is 9.93. The Bertz CT molecular complexity index is 511. The fourth-order valence-corrected chi connectivity index (χ4v) is 2.73. The summed E-state index contributed by atoms with van der Waals surface area (Å²) in [6.45, 7) is 6.57. The molecule has 0 aliphatic heterocycles. The van der Waals surface area contributed by atoms with Crippen molar-refractivity contribution in [2.75, 3.05) is 0 Å². The summed E-state index contributed by atoms with van der Waals surface area (Å²) >= 11 is 1.64. The van der Waals surface area contributed by atoms with Crippen LogP contribution in [0, 0.1) is 11.2 Å².